The van der Waals surface area contributed by atoms with Gasteiger partial charge in [-0.25, -0.2) is 0 Å². The first-order valence-electron chi connectivity index (χ1n) is 6.55. The van der Waals surface area contributed by atoms with Crippen molar-refractivity contribution in [2.75, 3.05) is 0 Å². The molecule has 0 saturated heterocycles. The van der Waals surface area contributed by atoms with Crippen LogP contribution in [0.15, 0.2) is 30.3 Å². The topological polar surface area (TPSA) is 12.0 Å². The smallest absolute Gasteiger partial charge is 0.0101 e. The summed E-state index contributed by atoms with van der Waals surface area (Å²) in [5.74, 6) is 0.838. The summed E-state index contributed by atoms with van der Waals surface area (Å²) >= 11 is 0. The maximum absolute atomic E-state index is 3.71. The summed E-state index contributed by atoms with van der Waals surface area (Å²) < 4.78 is 0. The molecule has 0 aliphatic heterocycles. The van der Waals surface area contributed by atoms with Gasteiger partial charge in [-0.1, -0.05) is 50.6 Å². The second kappa shape index (κ2) is 5.49. The average molecular weight is 217 g/mol. The van der Waals surface area contributed by atoms with Gasteiger partial charge in [-0.15, -0.1) is 0 Å². The Bertz CT molecular complexity index is 304. The van der Waals surface area contributed by atoms with Crippen LogP contribution in [-0.4, -0.2) is 12.1 Å². The molecular formula is C15H23N. The summed E-state index contributed by atoms with van der Waals surface area (Å²) in [4.78, 5) is 0. The molecule has 1 aliphatic carbocycles. The molecule has 1 heteroatoms. The van der Waals surface area contributed by atoms with Gasteiger partial charge in [-0.3, -0.25) is 0 Å². The van der Waals surface area contributed by atoms with E-state index in [1.807, 2.05) is 0 Å². The van der Waals surface area contributed by atoms with Crippen LogP contribution in [-0.2, 0) is 6.42 Å². The highest BCUT2D eigenvalue weighted by Crippen LogP contribution is 2.29. The highest BCUT2D eigenvalue weighted by molar-refractivity contribution is 5.16. The van der Waals surface area contributed by atoms with Gasteiger partial charge in [0, 0.05) is 12.1 Å². The van der Waals surface area contributed by atoms with E-state index >= 15 is 0 Å². The molecule has 1 aliphatic rings. The molecule has 0 bridgehead atoms. The number of benzene rings is 1. The standard InChI is InChI=1S/C15H23N/c1-12(2)16-15-10-6-9-14(15)11-13-7-4-3-5-8-13/h3-5,7-8,12,14-16H,6,9-11H2,1-2H3. The van der Waals surface area contributed by atoms with Gasteiger partial charge in [-0.2, -0.15) is 0 Å². The molecule has 0 spiro atoms. The fourth-order valence-corrected chi connectivity index (χ4v) is 2.85. The molecule has 2 unspecified atom stereocenters. The second-order valence-corrected chi connectivity index (χ2v) is 5.31. The summed E-state index contributed by atoms with van der Waals surface area (Å²) in [5.41, 5.74) is 1.49. The van der Waals surface area contributed by atoms with E-state index < -0.39 is 0 Å². The Morgan fingerprint density at radius 1 is 1.19 bits per heavy atom. The second-order valence-electron chi connectivity index (χ2n) is 5.31. The third-order valence-corrected chi connectivity index (χ3v) is 3.55. The Kier molecular flexibility index (Phi) is 4.00. The zero-order valence-corrected chi connectivity index (χ0v) is 10.4. The molecule has 2 atom stereocenters. The molecule has 2 rings (SSSR count). The summed E-state index contributed by atoms with van der Waals surface area (Å²) in [6, 6.07) is 12.3. The lowest BCUT2D eigenvalue weighted by molar-refractivity contribution is 0.372. The minimum Gasteiger partial charge on any atom is -0.311 e. The van der Waals surface area contributed by atoms with Crippen molar-refractivity contribution < 1.29 is 0 Å². The largest absolute Gasteiger partial charge is 0.311 e. The van der Waals surface area contributed by atoms with E-state index in [1.165, 1.54) is 31.2 Å². The Morgan fingerprint density at radius 3 is 2.62 bits per heavy atom. The van der Waals surface area contributed by atoms with Crippen molar-refractivity contribution in [3.8, 4) is 0 Å². The van der Waals surface area contributed by atoms with Crippen molar-refractivity contribution in [2.45, 2.75) is 51.6 Å². The van der Waals surface area contributed by atoms with Crippen molar-refractivity contribution in [2.24, 2.45) is 5.92 Å². The quantitative estimate of drug-likeness (QED) is 0.815. The van der Waals surface area contributed by atoms with Crippen LogP contribution in [0.4, 0.5) is 0 Å². The van der Waals surface area contributed by atoms with Crippen LogP contribution in [0.3, 0.4) is 0 Å². The summed E-state index contributed by atoms with van der Waals surface area (Å²) in [5, 5.41) is 3.71. The normalized spacial score (nSPS) is 25.2. The van der Waals surface area contributed by atoms with Crippen molar-refractivity contribution >= 4 is 0 Å². The van der Waals surface area contributed by atoms with Crippen molar-refractivity contribution in [1.82, 2.24) is 5.32 Å². The predicted molar refractivity (Wildman–Crippen MR) is 69.5 cm³/mol. The summed E-state index contributed by atoms with van der Waals surface area (Å²) in [6.07, 6.45) is 5.38. The third-order valence-electron chi connectivity index (χ3n) is 3.55. The van der Waals surface area contributed by atoms with E-state index in [1.54, 1.807) is 0 Å². The lowest BCUT2D eigenvalue weighted by Gasteiger charge is -2.23. The van der Waals surface area contributed by atoms with Gasteiger partial charge >= 0.3 is 0 Å². The first-order valence-corrected chi connectivity index (χ1v) is 6.55. The molecule has 1 N–H and O–H groups in total. The maximum atomic E-state index is 3.71. The zero-order chi connectivity index (χ0) is 11.4. The van der Waals surface area contributed by atoms with E-state index in [0.717, 1.165) is 12.0 Å². The Hall–Kier alpha value is -0.820. The van der Waals surface area contributed by atoms with Crippen LogP contribution in [0.1, 0.15) is 38.7 Å². The van der Waals surface area contributed by atoms with Gasteiger partial charge in [0.05, 0.1) is 0 Å². The highest BCUT2D eigenvalue weighted by Gasteiger charge is 2.27. The monoisotopic (exact) mass is 217 g/mol. The van der Waals surface area contributed by atoms with Crippen LogP contribution in [0.5, 0.6) is 0 Å². The minimum absolute atomic E-state index is 0.612. The number of nitrogens with one attached hydrogen (secondary N) is 1. The minimum atomic E-state index is 0.612. The van der Waals surface area contributed by atoms with Crippen LogP contribution in [0.2, 0.25) is 0 Å². The van der Waals surface area contributed by atoms with E-state index in [2.05, 4.69) is 49.5 Å². The van der Waals surface area contributed by atoms with Gasteiger partial charge in [0.2, 0.25) is 0 Å². The molecule has 16 heavy (non-hydrogen) atoms. The molecule has 0 radical (unpaired) electrons. The first-order chi connectivity index (χ1) is 7.75. The van der Waals surface area contributed by atoms with Crippen LogP contribution in [0.25, 0.3) is 0 Å². The average Bonchev–Trinajstić information content (AvgIpc) is 2.66. The molecule has 1 fully saturated rings. The SMILES string of the molecule is CC(C)NC1CCCC1Cc1ccccc1. The molecule has 1 aromatic rings. The number of rotatable bonds is 4. The Balaban J connectivity index is 1.93. The van der Waals surface area contributed by atoms with Crippen molar-refractivity contribution in [3.05, 3.63) is 35.9 Å². The van der Waals surface area contributed by atoms with Crippen LogP contribution < -0.4 is 5.32 Å². The molecule has 0 amide bonds. The van der Waals surface area contributed by atoms with Crippen molar-refractivity contribution in [3.63, 3.8) is 0 Å². The molecule has 1 aromatic carbocycles. The molecular weight excluding hydrogens is 194 g/mol. The van der Waals surface area contributed by atoms with Gasteiger partial charge in [-0.05, 0) is 30.7 Å². The maximum Gasteiger partial charge on any atom is 0.0101 e. The first kappa shape index (κ1) is 11.7. The molecule has 1 nitrogen and oxygen atoms in total. The number of hydrogen-bond acceptors (Lipinski definition) is 1. The van der Waals surface area contributed by atoms with E-state index in [0.29, 0.717) is 6.04 Å². The lowest BCUT2D eigenvalue weighted by Crippen LogP contribution is -2.37. The predicted octanol–water partition coefficient (Wildman–Crippen LogP) is 3.40. The summed E-state index contributed by atoms with van der Waals surface area (Å²) in [6.45, 7) is 4.50. The Morgan fingerprint density at radius 2 is 1.94 bits per heavy atom. The van der Waals surface area contributed by atoms with Gasteiger partial charge in [0.1, 0.15) is 0 Å². The molecule has 1 saturated carbocycles. The molecule has 0 heterocycles. The highest BCUT2D eigenvalue weighted by atomic mass is 14.9. The summed E-state index contributed by atoms with van der Waals surface area (Å²) in [7, 11) is 0. The molecule has 88 valence electrons. The van der Waals surface area contributed by atoms with Crippen molar-refractivity contribution in [1.29, 1.82) is 0 Å². The number of hydrogen-bond donors (Lipinski definition) is 1. The zero-order valence-electron chi connectivity index (χ0n) is 10.4. The van der Waals surface area contributed by atoms with Crippen LogP contribution in [0, 0.1) is 5.92 Å². The van der Waals surface area contributed by atoms with Crippen LogP contribution >= 0.6 is 0 Å². The fraction of sp³-hybridized carbons (Fsp3) is 0.600. The molecule has 0 aromatic heterocycles. The van der Waals surface area contributed by atoms with E-state index in [4.69, 9.17) is 0 Å². The van der Waals surface area contributed by atoms with E-state index in [-0.39, 0.29) is 0 Å². The van der Waals surface area contributed by atoms with Gasteiger partial charge in [0.25, 0.3) is 0 Å². The van der Waals surface area contributed by atoms with Gasteiger partial charge in [0.15, 0.2) is 0 Å². The Labute approximate surface area is 99.3 Å². The van der Waals surface area contributed by atoms with Gasteiger partial charge < -0.3 is 5.32 Å². The third kappa shape index (κ3) is 3.08. The fourth-order valence-electron chi connectivity index (χ4n) is 2.85. The van der Waals surface area contributed by atoms with E-state index in [9.17, 15) is 0 Å². The lowest BCUT2D eigenvalue weighted by atomic mass is 9.94.